The summed E-state index contributed by atoms with van der Waals surface area (Å²) in [6.45, 7) is 5.06. The Morgan fingerprint density at radius 2 is 2.26 bits per heavy atom. The van der Waals surface area contributed by atoms with E-state index < -0.39 is 24.3 Å². The summed E-state index contributed by atoms with van der Waals surface area (Å²) in [6, 6.07) is 1.59. The smallest absolute Gasteiger partial charge is 0.408 e. The Bertz CT molecular complexity index is 670. The van der Waals surface area contributed by atoms with Crippen LogP contribution < -0.4 is 5.32 Å². The van der Waals surface area contributed by atoms with E-state index in [1.807, 2.05) is 20.8 Å². The normalized spacial score (nSPS) is 12.7. The number of carbonyl (C=O) groups is 1. The number of carbonyl (C=O) groups excluding carboxylic acids is 1. The van der Waals surface area contributed by atoms with E-state index in [0.29, 0.717) is 16.4 Å². The van der Waals surface area contributed by atoms with Gasteiger partial charge >= 0.3 is 6.09 Å². The molecule has 0 aliphatic carbocycles. The molecule has 0 unspecified atom stereocenters. The molecule has 8 nitrogen and oxygen atoms in total. The molecule has 1 atom stereocenters. The molecular weight excluding hydrogens is 322 g/mol. The van der Waals surface area contributed by atoms with Gasteiger partial charge in [0, 0.05) is 11.7 Å². The van der Waals surface area contributed by atoms with Gasteiger partial charge in [-0.3, -0.25) is 4.98 Å². The van der Waals surface area contributed by atoms with Crippen molar-refractivity contribution in [3.63, 3.8) is 0 Å². The van der Waals surface area contributed by atoms with Gasteiger partial charge in [0.05, 0.1) is 23.0 Å². The number of halogens is 1. The molecule has 2 aromatic rings. The molecule has 0 aromatic carbocycles. The van der Waals surface area contributed by atoms with Gasteiger partial charge < -0.3 is 15.2 Å². The SMILES string of the molecule is CC(C)(C)NC(=O)O[C@H](CO)c1cc(-n2cncn2)c(Cl)cn1. The summed E-state index contributed by atoms with van der Waals surface area (Å²) in [5.74, 6) is 0. The summed E-state index contributed by atoms with van der Waals surface area (Å²) in [7, 11) is 0. The molecule has 23 heavy (non-hydrogen) atoms. The summed E-state index contributed by atoms with van der Waals surface area (Å²) in [4.78, 5) is 19.8. The average molecular weight is 340 g/mol. The van der Waals surface area contributed by atoms with E-state index in [4.69, 9.17) is 16.3 Å². The van der Waals surface area contributed by atoms with Gasteiger partial charge in [0.15, 0.2) is 6.10 Å². The van der Waals surface area contributed by atoms with Gasteiger partial charge in [-0.15, -0.1) is 0 Å². The zero-order valence-electron chi connectivity index (χ0n) is 13.0. The first-order valence-electron chi connectivity index (χ1n) is 6.90. The fourth-order valence-electron chi connectivity index (χ4n) is 1.78. The first kappa shape index (κ1) is 17.2. The number of rotatable bonds is 4. The fourth-order valence-corrected chi connectivity index (χ4v) is 1.97. The van der Waals surface area contributed by atoms with E-state index in [-0.39, 0.29) is 0 Å². The highest BCUT2D eigenvalue weighted by Gasteiger charge is 2.22. The zero-order valence-corrected chi connectivity index (χ0v) is 13.8. The van der Waals surface area contributed by atoms with Crippen LogP contribution in [-0.4, -0.2) is 43.1 Å². The number of nitrogens with zero attached hydrogens (tertiary/aromatic N) is 4. The van der Waals surface area contributed by atoms with Gasteiger partial charge in [0.25, 0.3) is 0 Å². The number of aliphatic hydroxyl groups is 1. The van der Waals surface area contributed by atoms with Gasteiger partial charge in [-0.05, 0) is 26.8 Å². The number of hydrogen-bond donors (Lipinski definition) is 2. The minimum atomic E-state index is -0.920. The van der Waals surface area contributed by atoms with Crippen molar-refractivity contribution in [3.8, 4) is 5.69 Å². The lowest BCUT2D eigenvalue weighted by molar-refractivity contribution is 0.0507. The molecule has 2 N–H and O–H groups in total. The molecule has 0 radical (unpaired) electrons. The number of pyridine rings is 1. The highest BCUT2D eigenvalue weighted by Crippen LogP contribution is 2.23. The minimum absolute atomic E-state index is 0.353. The molecule has 0 saturated carbocycles. The van der Waals surface area contributed by atoms with Crippen LogP contribution in [0.15, 0.2) is 24.9 Å². The Kier molecular flexibility index (Phi) is 5.17. The number of hydrogen-bond acceptors (Lipinski definition) is 6. The molecule has 0 aliphatic heterocycles. The maximum atomic E-state index is 11.9. The first-order chi connectivity index (χ1) is 10.8. The van der Waals surface area contributed by atoms with Crippen LogP contribution in [0.4, 0.5) is 4.79 Å². The highest BCUT2D eigenvalue weighted by atomic mass is 35.5. The number of aliphatic hydroxyl groups excluding tert-OH is 1. The quantitative estimate of drug-likeness (QED) is 0.881. The lowest BCUT2D eigenvalue weighted by Crippen LogP contribution is -2.41. The van der Waals surface area contributed by atoms with Crippen LogP contribution in [0.1, 0.15) is 32.6 Å². The molecule has 9 heteroatoms. The van der Waals surface area contributed by atoms with Gasteiger partial charge in [0.2, 0.25) is 0 Å². The predicted octanol–water partition coefficient (Wildman–Crippen LogP) is 1.87. The maximum Gasteiger partial charge on any atom is 0.408 e. The number of nitrogens with one attached hydrogen (secondary N) is 1. The molecule has 0 aliphatic rings. The number of amides is 1. The molecule has 2 heterocycles. The third kappa shape index (κ3) is 4.64. The second-order valence-electron chi connectivity index (χ2n) is 5.85. The van der Waals surface area contributed by atoms with E-state index in [2.05, 4.69) is 20.4 Å². The summed E-state index contributed by atoms with van der Waals surface area (Å²) in [5, 5.41) is 16.5. The molecular formula is C14H18ClN5O3. The van der Waals surface area contributed by atoms with E-state index in [0.717, 1.165) is 0 Å². The van der Waals surface area contributed by atoms with E-state index in [1.54, 1.807) is 6.07 Å². The molecule has 0 spiro atoms. The van der Waals surface area contributed by atoms with Crippen molar-refractivity contribution in [1.29, 1.82) is 0 Å². The monoisotopic (exact) mass is 339 g/mol. The van der Waals surface area contributed by atoms with Crippen LogP contribution >= 0.6 is 11.6 Å². The van der Waals surface area contributed by atoms with Crippen LogP contribution in [0.3, 0.4) is 0 Å². The van der Waals surface area contributed by atoms with Crippen molar-refractivity contribution in [3.05, 3.63) is 35.6 Å². The first-order valence-corrected chi connectivity index (χ1v) is 7.28. The van der Waals surface area contributed by atoms with Gasteiger partial charge in [0.1, 0.15) is 12.7 Å². The largest absolute Gasteiger partial charge is 0.437 e. The third-order valence-electron chi connectivity index (χ3n) is 2.74. The molecule has 0 bridgehead atoms. The number of ether oxygens (including phenoxy) is 1. The van der Waals surface area contributed by atoms with Gasteiger partial charge in [-0.1, -0.05) is 11.6 Å². The minimum Gasteiger partial charge on any atom is -0.437 e. The van der Waals surface area contributed by atoms with Crippen molar-refractivity contribution < 1.29 is 14.6 Å². The molecule has 0 saturated heterocycles. The zero-order chi connectivity index (χ0) is 17.0. The Labute approximate surface area is 138 Å². The Hall–Kier alpha value is -2.19. The standard InChI is InChI=1S/C14H18ClN5O3/c1-14(2,3)19-13(22)23-12(6-21)10-4-11(9(15)5-17-10)20-8-16-7-18-20/h4-5,7-8,12,21H,6H2,1-3H3,(H,19,22)/t12-/m1/s1. The third-order valence-corrected chi connectivity index (χ3v) is 3.04. The van der Waals surface area contributed by atoms with E-state index >= 15 is 0 Å². The molecule has 1 amide bonds. The molecule has 124 valence electrons. The average Bonchev–Trinajstić information content (AvgIpc) is 2.97. The topological polar surface area (TPSA) is 102 Å². The van der Waals surface area contributed by atoms with Gasteiger partial charge in [-0.25, -0.2) is 14.5 Å². The maximum absolute atomic E-state index is 11.9. The summed E-state index contributed by atoms with van der Waals surface area (Å²) in [6.07, 6.45) is 2.69. The van der Waals surface area contributed by atoms with Crippen molar-refractivity contribution in [1.82, 2.24) is 25.1 Å². The van der Waals surface area contributed by atoms with Crippen LogP contribution in [-0.2, 0) is 4.74 Å². The predicted molar refractivity (Wildman–Crippen MR) is 83.4 cm³/mol. The molecule has 2 rings (SSSR count). The van der Waals surface area contributed by atoms with E-state index in [1.165, 1.54) is 23.5 Å². The van der Waals surface area contributed by atoms with Crippen molar-refractivity contribution in [2.45, 2.75) is 32.4 Å². The van der Waals surface area contributed by atoms with Crippen LogP contribution in [0, 0.1) is 0 Å². The summed E-state index contributed by atoms with van der Waals surface area (Å²) < 4.78 is 6.68. The van der Waals surface area contributed by atoms with Crippen molar-refractivity contribution in [2.24, 2.45) is 0 Å². The molecule has 0 fully saturated rings. The van der Waals surface area contributed by atoms with E-state index in [9.17, 15) is 9.90 Å². The molecule has 2 aromatic heterocycles. The van der Waals surface area contributed by atoms with Crippen LogP contribution in [0.2, 0.25) is 5.02 Å². The van der Waals surface area contributed by atoms with Crippen molar-refractivity contribution in [2.75, 3.05) is 6.61 Å². The Morgan fingerprint density at radius 3 is 2.83 bits per heavy atom. The van der Waals surface area contributed by atoms with Gasteiger partial charge in [-0.2, -0.15) is 5.10 Å². The van der Waals surface area contributed by atoms with Crippen LogP contribution in [0.5, 0.6) is 0 Å². The second-order valence-corrected chi connectivity index (χ2v) is 6.26. The number of alkyl carbamates (subject to hydrolysis) is 1. The Morgan fingerprint density at radius 1 is 1.52 bits per heavy atom. The fraction of sp³-hybridized carbons (Fsp3) is 0.429. The summed E-state index contributed by atoms with van der Waals surface area (Å²) >= 11 is 6.09. The lowest BCUT2D eigenvalue weighted by atomic mass is 10.1. The summed E-state index contributed by atoms with van der Waals surface area (Å²) in [5.41, 5.74) is 0.426. The van der Waals surface area contributed by atoms with Crippen molar-refractivity contribution >= 4 is 17.7 Å². The second kappa shape index (κ2) is 6.93. The van der Waals surface area contributed by atoms with Crippen LogP contribution in [0.25, 0.3) is 5.69 Å². The number of aromatic nitrogens is 4. The highest BCUT2D eigenvalue weighted by molar-refractivity contribution is 6.32. The lowest BCUT2D eigenvalue weighted by Gasteiger charge is -2.22. The Balaban J connectivity index is 2.22.